The van der Waals surface area contributed by atoms with E-state index in [1.165, 1.54) is 0 Å². The average molecular weight is 201 g/mol. The van der Waals surface area contributed by atoms with Crippen molar-refractivity contribution in [3.05, 3.63) is 41.7 Å². The van der Waals surface area contributed by atoms with Crippen LogP contribution in [0.1, 0.15) is 18.2 Å². The first-order chi connectivity index (χ1) is 7.22. The Morgan fingerprint density at radius 3 is 2.67 bits per heavy atom. The van der Waals surface area contributed by atoms with Gasteiger partial charge in [0.25, 0.3) is 0 Å². The van der Waals surface area contributed by atoms with E-state index in [0.717, 1.165) is 34.8 Å². The normalized spacial score (nSPS) is 10.5. The maximum atomic E-state index is 5.86. The van der Waals surface area contributed by atoms with E-state index in [0.29, 0.717) is 0 Å². The highest BCUT2D eigenvalue weighted by atomic mass is 16.3. The molecule has 2 rings (SSSR count). The Morgan fingerprint density at radius 2 is 2.00 bits per heavy atom. The van der Waals surface area contributed by atoms with Gasteiger partial charge >= 0.3 is 0 Å². The molecule has 0 unspecified atom stereocenters. The van der Waals surface area contributed by atoms with Gasteiger partial charge in [0.05, 0.1) is 0 Å². The molecule has 1 aromatic heterocycles. The third kappa shape index (κ3) is 1.75. The van der Waals surface area contributed by atoms with Gasteiger partial charge in [-0.2, -0.15) is 0 Å². The average Bonchev–Trinajstić information content (AvgIpc) is 2.70. The van der Waals surface area contributed by atoms with E-state index in [1.807, 2.05) is 37.3 Å². The fraction of sp³-hybridized carbons (Fsp3) is 0.231. The minimum absolute atomic E-state index is 0.807. The summed E-state index contributed by atoms with van der Waals surface area (Å²) in [6.07, 6.45) is 0.918. The van der Waals surface area contributed by atoms with Crippen LogP contribution in [0.5, 0.6) is 0 Å². The minimum Gasteiger partial charge on any atom is -0.461 e. The molecule has 2 heteroatoms. The van der Waals surface area contributed by atoms with E-state index >= 15 is 0 Å². The fourth-order valence-corrected chi connectivity index (χ4v) is 1.63. The summed E-state index contributed by atoms with van der Waals surface area (Å²) in [5.74, 6) is 1.91. The van der Waals surface area contributed by atoms with Gasteiger partial charge in [0.15, 0.2) is 0 Å². The third-order valence-corrected chi connectivity index (χ3v) is 2.65. The number of nitrogens with two attached hydrogens (primary N) is 1. The lowest BCUT2D eigenvalue weighted by Crippen LogP contribution is -1.90. The number of furan rings is 1. The molecule has 0 amide bonds. The standard InChI is InChI=1S/C13H15NO/c1-3-10-7-8-13(15-10)11-5-4-6-12(14)9(11)2/h4-8H,3,14H2,1-2H3. The molecule has 0 aliphatic heterocycles. The van der Waals surface area contributed by atoms with Crippen LogP contribution in [0.25, 0.3) is 11.3 Å². The van der Waals surface area contributed by atoms with E-state index in [1.54, 1.807) is 0 Å². The molecule has 78 valence electrons. The SMILES string of the molecule is CCc1ccc(-c2cccc(N)c2C)o1. The summed E-state index contributed by atoms with van der Waals surface area (Å²) >= 11 is 0. The molecule has 0 aliphatic rings. The lowest BCUT2D eigenvalue weighted by molar-refractivity contribution is 0.529. The molecular formula is C13H15NO. The van der Waals surface area contributed by atoms with E-state index in [2.05, 4.69) is 6.92 Å². The first-order valence-corrected chi connectivity index (χ1v) is 5.16. The second-order valence-corrected chi connectivity index (χ2v) is 3.64. The van der Waals surface area contributed by atoms with Gasteiger partial charge in [-0.15, -0.1) is 0 Å². The molecule has 15 heavy (non-hydrogen) atoms. The van der Waals surface area contributed by atoms with Crippen LogP contribution in [-0.2, 0) is 6.42 Å². The number of rotatable bonds is 2. The Labute approximate surface area is 89.7 Å². The largest absolute Gasteiger partial charge is 0.461 e. The quantitative estimate of drug-likeness (QED) is 0.756. The molecule has 2 nitrogen and oxygen atoms in total. The van der Waals surface area contributed by atoms with Gasteiger partial charge in [-0.25, -0.2) is 0 Å². The van der Waals surface area contributed by atoms with Gasteiger partial charge in [-0.05, 0) is 30.7 Å². The smallest absolute Gasteiger partial charge is 0.134 e. The highest BCUT2D eigenvalue weighted by molar-refractivity contribution is 5.69. The Hall–Kier alpha value is -1.70. The molecule has 0 radical (unpaired) electrons. The highest BCUT2D eigenvalue weighted by Gasteiger charge is 2.07. The molecule has 2 N–H and O–H groups in total. The first kappa shape index (κ1) is 9.84. The Bertz CT molecular complexity index is 471. The topological polar surface area (TPSA) is 39.2 Å². The zero-order valence-corrected chi connectivity index (χ0v) is 9.08. The summed E-state index contributed by atoms with van der Waals surface area (Å²) in [4.78, 5) is 0. The van der Waals surface area contributed by atoms with Gasteiger partial charge < -0.3 is 10.2 Å². The maximum absolute atomic E-state index is 5.86. The van der Waals surface area contributed by atoms with Crippen LogP contribution in [-0.4, -0.2) is 0 Å². The maximum Gasteiger partial charge on any atom is 0.134 e. The fourth-order valence-electron chi connectivity index (χ4n) is 1.63. The zero-order chi connectivity index (χ0) is 10.8. The molecule has 0 saturated heterocycles. The molecule has 0 fully saturated rings. The monoisotopic (exact) mass is 201 g/mol. The lowest BCUT2D eigenvalue weighted by Gasteiger charge is -2.05. The number of nitrogen functional groups attached to an aromatic ring is 1. The third-order valence-electron chi connectivity index (χ3n) is 2.65. The number of hydrogen-bond acceptors (Lipinski definition) is 2. The molecule has 1 aromatic carbocycles. The zero-order valence-electron chi connectivity index (χ0n) is 9.08. The van der Waals surface area contributed by atoms with Gasteiger partial charge in [-0.1, -0.05) is 19.1 Å². The van der Waals surface area contributed by atoms with E-state index < -0.39 is 0 Å². The number of hydrogen-bond donors (Lipinski definition) is 1. The minimum atomic E-state index is 0.807. The Morgan fingerprint density at radius 1 is 1.20 bits per heavy atom. The van der Waals surface area contributed by atoms with Crippen molar-refractivity contribution in [1.82, 2.24) is 0 Å². The summed E-state index contributed by atoms with van der Waals surface area (Å²) in [5, 5.41) is 0. The van der Waals surface area contributed by atoms with E-state index in [9.17, 15) is 0 Å². The van der Waals surface area contributed by atoms with Crippen molar-refractivity contribution in [2.45, 2.75) is 20.3 Å². The van der Waals surface area contributed by atoms with Gasteiger partial charge in [-0.3, -0.25) is 0 Å². The molecular weight excluding hydrogens is 186 g/mol. The summed E-state index contributed by atoms with van der Waals surface area (Å²) in [7, 11) is 0. The van der Waals surface area contributed by atoms with Gasteiger partial charge in [0, 0.05) is 17.7 Å². The van der Waals surface area contributed by atoms with Crippen LogP contribution in [0.3, 0.4) is 0 Å². The molecule has 2 aromatic rings. The van der Waals surface area contributed by atoms with Gasteiger partial charge in [0.1, 0.15) is 11.5 Å². The van der Waals surface area contributed by atoms with Crippen molar-refractivity contribution in [3.63, 3.8) is 0 Å². The second kappa shape index (κ2) is 3.81. The molecule has 0 spiro atoms. The molecule has 1 heterocycles. The van der Waals surface area contributed by atoms with Crippen molar-refractivity contribution in [1.29, 1.82) is 0 Å². The summed E-state index contributed by atoms with van der Waals surface area (Å²) < 4.78 is 5.70. The van der Waals surface area contributed by atoms with Crippen molar-refractivity contribution >= 4 is 5.69 Å². The van der Waals surface area contributed by atoms with Crippen LogP contribution < -0.4 is 5.73 Å². The van der Waals surface area contributed by atoms with Crippen molar-refractivity contribution in [3.8, 4) is 11.3 Å². The van der Waals surface area contributed by atoms with Crippen LogP contribution in [0.4, 0.5) is 5.69 Å². The Balaban J connectivity index is 2.49. The van der Waals surface area contributed by atoms with Crippen molar-refractivity contribution < 1.29 is 4.42 Å². The van der Waals surface area contributed by atoms with Crippen molar-refractivity contribution in [2.75, 3.05) is 5.73 Å². The lowest BCUT2D eigenvalue weighted by atomic mass is 10.1. The van der Waals surface area contributed by atoms with Crippen molar-refractivity contribution in [2.24, 2.45) is 0 Å². The van der Waals surface area contributed by atoms with Crippen LogP contribution in [0.2, 0.25) is 0 Å². The van der Waals surface area contributed by atoms with Crippen LogP contribution >= 0.6 is 0 Å². The van der Waals surface area contributed by atoms with E-state index in [4.69, 9.17) is 10.2 Å². The predicted octanol–water partition coefficient (Wildman–Crippen LogP) is 3.40. The summed E-state index contributed by atoms with van der Waals surface area (Å²) in [6, 6.07) is 9.90. The molecule has 0 aliphatic carbocycles. The number of benzene rings is 1. The Kier molecular flexibility index (Phi) is 2.50. The predicted molar refractivity (Wildman–Crippen MR) is 62.7 cm³/mol. The van der Waals surface area contributed by atoms with Gasteiger partial charge in [0.2, 0.25) is 0 Å². The first-order valence-electron chi connectivity index (χ1n) is 5.16. The van der Waals surface area contributed by atoms with Crippen LogP contribution in [0, 0.1) is 6.92 Å². The number of aryl methyl sites for hydroxylation is 1. The number of anilines is 1. The molecule has 0 saturated carbocycles. The highest BCUT2D eigenvalue weighted by Crippen LogP contribution is 2.28. The van der Waals surface area contributed by atoms with E-state index in [-0.39, 0.29) is 0 Å². The van der Waals surface area contributed by atoms with Crippen LogP contribution in [0.15, 0.2) is 34.7 Å². The molecule has 0 atom stereocenters. The summed E-state index contributed by atoms with van der Waals surface area (Å²) in [5.41, 5.74) is 8.82. The molecule has 0 bridgehead atoms. The summed E-state index contributed by atoms with van der Waals surface area (Å²) in [6.45, 7) is 4.09. The second-order valence-electron chi connectivity index (χ2n) is 3.64.